The molecule has 8 heteroatoms. The molecule has 0 bridgehead atoms. The molecular weight excluding hydrogens is 427 g/mol. The van der Waals surface area contributed by atoms with Crippen molar-refractivity contribution in [1.29, 1.82) is 0 Å². The lowest BCUT2D eigenvalue weighted by molar-refractivity contribution is 0.102. The van der Waals surface area contributed by atoms with Gasteiger partial charge >= 0.3 is 0 Å². The average Bonchev–Trinajstić information content (AvgIpc) is 2.78. The third-order valence-corrected chi connectivity index (χ3v) is 8.12. The van der Waals surface area contributed by atoms with Crippen molar-refractivity contribution in [2.45, 2.75) is 25.7 Å². The fourth-order valence-electron chi connectivity index (χ4n) is 2.80. The fourth-order valence-corrected chi connectivity index (χ4v) is 5.88. The van der Waals surface area contributed by atoms with Crippen LogP contribution in [0.1, 0.15) is 29.9 Å². The zero-order valence-electron chi connectivity index (χ0n) is 18.0. The van der Waals surface area contributed by atoms with Gasteiger partial charge in [-0.05, 0) is 44.3 Å². The van der Waals surface area contributed by atoms with Gasteiger partial charge in [0.25, 0.3) is 5.91 Å². The summed E-state index contributed by atoms with van der Waals surface area (Å²) in [5, 5.41) is 2.86. The van der Waals surface area contributed by atoms with Crippen LogP contribution in [-0.2, 0) is 4.52 Å². The van der Waals surface area contributed by atoms with Gasteiger partial charge in [-0.2, -0.15) is 0 Å². The molecule has 1 aromatic heterocycles. The highest BCUT2D eigenvalue weighted by atomic mass is 32.2. The Morgan fingerprint density at radius 3 is 2.48 bits per heavy atom. The van der Waals surface area contributed by atoms with Crippen molar-refractivity contribution >= 4 is 37.3 Å². The van der Waals surface area contributed by atoms with E-state index in [0.717, 1.165) is 34.3 Å². The van der Waals surface area contributed by atoms with Crippen LogP contribution in [0, 0.1) is 6.92 Å². The second-order valence-electron chi connectivity index (χ2n) is 6.82. The van der Waals surface area contributed by atoms with Gasteiger partial charge in [-0.25, -0.2) is 9.97 Å². The fraction of sp³-hybridized carbons (Fsp3) is 0.261. The van der Waals surface area contributed by atoms with Crippen molar-refractivity contribution in [1.82, 2.24) is 9.97 Å². The van der Waals surface area contributed by atoms with Crippen molar-refractivity contribution in [3.05, 3.63) is 66.0 Å². The van der Waals surface area contributed by atoms with Crippen LogP contribution in [0.2, 0.25) is 0 Å². The van der Waals surface area contributed by atoms with Gasteiger partial charge in [0.15, 0.2) is 11.5 Å². The first-order valence-electron chi connectivity index (χ1n) is 10.1. The summed E-state index contributed by atoms with van der Waals surface area (Å²) in [6.07, 6.45) is 2.63. The van der Waals surface area contributed by atoms with Crippen LogP contribution in [-0.4, -0.2) is 34.1 Å². The van der Waals surface area contributed by atoms with Crippen LogP contribution >= 0.6 is 19.9 Å². The Bertz CT molecular complexity index is 1010. The SMILES string of the molecule is CCOP(CC)CSc1ccc(NC(=O)c2nc(-c3ccc(C)cc3)cnc2N)cc1. The van der Waals surface area contributed by atoms with Crippen LogP contribution in [0.3, 0.4) is 0 Å². The van der Waals surface area contributed by atoms with Gasteiger partial charge in [-0.3, -0.25) is 4.79 Å². The summed E-state index contributed by atoms with van der Waals surface area (Å²) < 4.78 is 5.76. The molecule has 0 aliphatic heterocycles. The number of anilines is 2. The number of hydrogen-bond acceptors (Lipinski definition) is 6. The quantitative estimate of drug-likeness (QED) is 0.314. The van der Waals surface area contributed by atoms with E-state index >= 15 is 0 Å². The molecule has 1 unspecified atom stereocenters. The number of aromatic nitrogens is 2. The number of benzene rings is 2. The highest BCUT2D eigenvalue weighted by Crippen LogP contribution is 2.42. The zero-order valence-corrected chi connectivity index (χ0v) is 19.7. The molecule has 162 valence electrons. The maximum atomic E-state index is 12.8. The van der Waals surface area contributed by atoms with Gasteiger partial charge in [0, 0.05) is 36.4 Å². The molecule has 1 heterocycles. The van der Waals surface area contributed by atoms with E-state index in [-0.39, 0.29) is 17.4 Å². The summed E-state index contributed by atoms with van der Waals surface area (Å²) in [5.74, 6) is -0.283. The van der Waals surface area contributed by atoms with E-state index in [9.17, 15) is 4.79 Å². The molecule has 3 rings (SSSR count). The van der Waals surface area contributed by atoms with Crippen LogP contribution in [0.15, 0.2) is 59.6 Å². The number of nitrogens with one attached hydrogen (secondary N) is 1. The van der Waals surface area contributed by atoms with Crippen LogP contribution < -0.4 is 11.1 Å². The minimum Gasteiger partial charge on any atom is -0.382 e. The summed E-state index contributed by atoms with van der Waals surface area (Å²) in [6, 6.07) is 15.6. The lowest BCUT2D eigenvalue weighted by atomic mass is 10.1. The van der Waals surface area contributed by atoms with Crippen molar-refractivity contribution in [3.63, 3.8) is 0 Å². The highest BCUT2D eigenvalue weighted by Gasteiger charge is 2.15. The van der Waals surface area contributed by atoms with Crippen LogP contribution in [0.4, 0.5) is 11.5 Å². The predicted octanol–water partition coefficient (Wildman–Crippen LogP) is 5.79. The van der Waals surface area contributed by atoms with Crippen molar-refractivity contribution in [2.75, 3.05) is 29.3 Å². The summed E-state index contributed by atoms with van der Waals surface area (Å²) >= 11 is 1.77. The number of rotatable bonds is 9. The lowest BCUT2D eigenvalue weighted by Crippen LogP contribution is -2.17. The predicted molar refractivity (Wildman–Crippen MR) is 131 cm³/mol. The molecular formula is C23H27N4O2PS. The zero-order chi connectivity index (χ0) is 22.2. The Morgan fingerprint density at radius 2 is 1.84 bits per heavy atom. The molecule has 1 atom stereocenters. The first-order chi connectivity index (χ1) is 15.0. The summed E-state index contributed by atoms with van der Waals surface area (Å²) in [4.78, 5) is 22.5. The standard InChI is InChI=1S/C23H27N4O2PS/c1-4-29-30(5-2)15-31-19-12-10-18(11-13-19)26-23(28)21-22(24)25-14-20(27-21)17-8-6-16(3)7-9-17/h6-14H,4-5,15H2,1-3H3,(H2,24,25)(H,26,28). The Balaban J connectivity index is 1.67. The van der Waals surface area contributed by atoms with E-state index < -0.39 is 8.15 Å². The highest BCUT2D eigenvalue weighted by molar-refractivity contribution is 8.04. The van der Waals surface area contributed by atoms with E-state index in [0.29, 0.717) is 11.4 Å². The van der Waals surface area contributed by atoms with E-state index in [1.165, 1.54) is 0 Å². The van der Waals surface area contributed by atoms with Crippen LogP contribution in [0.25, 0.3) is 11.3 Å². The molecule has 31 heavy (non-hydrogen) atoms. The number of hydrogen-bond donors (Lipinski definition) is 2. The van der Waals surface area contributed by atoms with Crippen molar-refractivity contribution in [3.8, 4) is 11.3 Å². The largest absolute Gasteiger partial charge is 0.382 e. The molecule has 0 saturated carbocycles. The van der Waals surface area contributed by atoms with Gasteiger partial charge in [0.05, 0.1) is 11.9 Å². The minimum absolute atomic E-state index is 0.101. The van der Waals surface area contributed by atoms with E-state index in [1.54, 1.807) is 18.0 Å². The Morgan fingerprint density at radius 1 is 1.13 bits per heavy atom. The molecule has 0 aliphatic carbocycles. The van der Waals surface area contributed by atoms with Crippen molar-refractivity contribution < 1.29 is 9.32 Å². The average molecular weight is 455 g/mol. The van der Waals surface area contributed by atoms with Gasteiger partial charge < -0.3 is 15.6 Å². The molecule has 0 radical (unpaired) electrons. The molecule has 3 N–H and O–H groups in total. The molecule has 0 aliphatic rings. The molecule has 3 aromatic rings. The third kappa shape index (κ3) is 6.50. The minimum atomic E-state index is -0.398. The summed E-state index contributed by atoms with van der Waals surface area (Å²) in [7, 11) is -0.398. The number of nitrogen functional groups attached to an aromatic ring is 1. The number of carbonyl (C=O) groups excluding carboxylic acids is 1. The lowest BCUT2D eigenvalue weighted by Gasteiger charge is -2.14. The second-order valence-corrected chi connectivity index (χ2v) is 10.5. The molecule has 1 amide bonds. The number of thioether (sulfide) groups is 1. The van der Waals surface area contributed by atoms with E-state index in [1.807, 2.05) is 62.4 Å². The maximum Gasteiger partial charge on any atom is 0.278 e. The second kappa shape index (κ2) is 11.2. The molecule has 6 nitrogen and oxygen atoms in total. The summed E-state index contributed by atoms with van der Waals surface area (Å²) in [5.41, 5.74) is 10.3. The topological polar surface area (TPSA) is 90.1 Å². The smallest absolute Gasteiger partial charge is 0.278 e. The van der Waals surface area contributed by atoms with Crippen molar-refractivity contribution in [2.24, 2.45) is 0 Å². The van der Waals surface area contributed by atoms with Gasteiger partial charge in [-0.15, -0.1) is 11.8 Å². The Labute approximate surface area is 188 Å². The summed E-state index contributed by atoms with van der Waals surface area (Å²) in [6.45, 7) is 6.95. The first kappa shape index (κ1) is 23.2. The molecule has 0 fully saturated rings. The van der Waals surface area contributed by atoms with Gasteiger partial charge in [0.1, 0.15) is 0 Å². The van der Waals surface area contributed by atoms with E-state index in [4.69, 9.17) is 10.3 Å². The number of nitrogens with zero attached hydrogens (tertiary/aromatic N) is 2. The van der Waals surface area contributed by atoms with E-state index in [2.05, 4.69) is 22.2 Å². The Kier molecular flexibility index (Phi) is 8.41. The van der Waals surface area contributed by atoms with Crippen LogP contribution in [0.5, 0.6) is 0 Å². The number of carbonyl (C=O) groups is 1. The monoisotopic (exact) mass is 454 g/mol. The number of amides is 1. The van der Waals surface area contributed by atoms with Gasteiger partial charge in [0.2, 0.25) is 0 Å². The molecule has 2 aromatic carbocycles. The first-order valence-corrected chi connectivity index (χ1v) is 12.7. The normalized spacial score (nSPS) is 11.8. The number of nitrogens with two attached hydrogens (primary N) is 1. The third-order valence-electron chi connectivity index (χ3n) is 4.51. The number of aryl methyl sites for hydroxylation is 1. The Hall–Kier alpha value is -2.47. The van der Waals surface area contributed by atoms with Gasteiger partial charge in [-0.1, -0.05) is 36.8 Å². The molecule has 0 spiro atoms. The molecule has 0 saturated heterocycles. The maximum absolute atomic E-state index is 12.8.